The van der Waals surface area contributed by atoms with Gasteiger partial charge < -0.3 is 19.9 Å². The second-order valence-corrected chi connectivity index (χ2v) is 5.02. The van der Waals surface area contributed by atoms with Gasteiger partial charge in [-0.1, -0.05) is 6.92 Å². The molecular weight excluding hydrogens is 222 g/mol. The highest BCUT2D eigenvalue weighted by molar-refractivity contribution is 5.78. The minimum atomic E-state index is -0.601. The van der Waals surface area contributed by atoms with E-state index in [2.05, 4.69) is 5.73 Å². The first-order chi connectivity index (χ1) is 8.10. The van der Waals surface area contributed by atoms with E-state index in [-0.39, 0.29) is 5.97 Å². The van der Waals surface area contributed by atoms with Gasteiger partial charge in [-0.05, 0) is 6.42 Å². The van der Waals surface area contributed by atoms with Gasteiger partial charge in [-0.3, -0.25) is 0 Å². The van der Waals surface area contributed by atoms with Crippen molar-refractivity contribution in [2.45, 2.75) is 50.4 Å². The van der Waals surface area contributed by atoms with Crippen LogP contribution in [0.3, 0.4) is 0 Å². The molecular formula is C12H22NO4+. The zero-order chi connectivity index (χ0) is 12.4. The van der Waals surface area contributed by atoms with Crippen LogP contribution in [0, 0.1) is 0 Å². The number of carbonyl (C=O) groups is 1. The Morgan fingerprint density at radius 2 is 1.82 bits per heavy atom. The molecule has 0 unspecified atom stereocenters. The molecule has 2 rings (SSSR count). The smallest absolute Gasteiger partial charge is 0.367 e. The number of hydrogen-bond acceptors (Lipinski definition) is 4. The van der Waals surface area contributed by atoms with Crippen LogP contribution in [0.1, 0.15) is 39.0 Å². The standard InChI is InChI=1S/C12H21NO4/c1-2-7-15-10(14)11(13)3-5-12(6-4-11)16-8-9-17-12/h2-9,13H2,1H3/p+1. The van der Waals surface area contributed by atoms with Crippen molar-refractivity contribution in [1.29, 1.82) is 0 Å². The van der Waals surface area contributed by atoms with Crippen LogP contribution in [0.5, 0.6) is 0 Å². The highest BCUT2D eigenvalue weighted by Gasteiger charge is 2.51. The molecule has 0 aromatic carbocycles. The number of hydrogen-bond donors (Lipinski definition) is 1. The topological polar surface area (TPSA) is 72.4 Å². The van der Waals surface area contributed by atoms with Crippen LogP contribution < -0.4 is 5.73 Å². The van der Waals surface area contributed by atoms with Gasteiger partial charge in [0, 0.05) is 25.7 Å². The first kappa shape index (κ1) is 12.8. The zero-order valence-electron chi connectivity index (χ0n) is 10.5. The van der Waals surface area contributed by atoms with E-state index in [1.807, 2.05) is 6.92 Å². The van der Waals surface area contributed by atoms with E-state index < -0.39 is 11.3 Å². The van der Waals surface area contributed by atoms with Gasteiger partial charge >= 0.3 is 5.97 Å². The van der Waals surface area contributed by atoms with E-state index in [9.17, 15) is 4.79 Å². The zero-order valence-corrected chi connectivity index (χ0v) is 10.5. The molecule has 98 valence electrons. The van der Waals surface area contributed by atoms with Gasteiger partial charge in [0.05, 0.1) is 19.8 Å². The Hall–Kier alpha value is -0.650. The lowest BCUT2D eigenvalue weighted by atomic mass is 9.79. The number of ether oxygens (including phenoxy) is 3. The molecule has 0 aromatic rings. The molecule has 0 amide bonds. The van der Waals surface area contributed by atoms with E-state index in [0.717, 1.165) is 19.3 Å². The number of carbonyl (C=O) groups excluding carboxylic acids is 1. The van der Waals surface area contributed by atoms with Crippen LogP contribution in [-0.4, -0.2) is 37.1 Å². The van der Waals surface area contributed by atoms with Crippen molar-refractivity contribution < 1.29 is 24.7 Å². The second kappa shape index (κ2) is 4.92. The fourth-order valence-electron chi connectivity index (χ4n) is 2.45. The lowest BCUT2D eigenvalue weighted by molar-refractivity contribution is -0.475. The fourth-order valence-corrected chi connectivity index (χ4v) is 2.45. The summed E-state index contributed by atoms with van der Waals surface area (Å²) in [7, 11) is 0. The average molecular weight is 244 g/mol. The SMILES string of the molecule is CCCOC(=O)C1([NH3+])CCC2(CC1)OCCO2. The summed E-state index contributed by atoms with van der Waals surface area (Å²) in [6, 6.07) is 0. The van der Waals surface area contributed by atoms with E-state index in [1.165, 1.54) is 0 Å². The van der Waals surface area contributed by atoms with Gasteiger partial charge in [0.1, 0.15) is 0 Å². The molecule has 17 heavy (non-hydrogen) atoms. The minimum Gasteiger partial charge on any atom is -0.461 e. The highest BCUT2D eigenvalue weighted by Crippen LogP contribution is 2.38. The molecule has 1 saturated carbocycles. The lowest BCUT2D eigenvalue weighted by Gasteiger charge is -2.37. The third kappa shape index (κ3) is 2.61. The minimum absolute atomic E-state index is 0.174. The first-order valence-electron chi connectivity index (χ1n) is 6.41. The predicted molar refractivity (Wildman–Crippen MR) is 60.0 cm³/mol. The summed E-state index contributed by atoms with van der Waals surface area (Å²) in [5.74, 6) is -0.612. The van der Waals surface area contributed by atoms with Crippen molar-refractivity contribution in [3.63, 3.8) is 0 Å². The maximum Gasteiger partial charge on any atom is 0.367 e. The molecule has 2 fully saturated rings. The fraction of sp³-hybridized carbons (Fsp3) is 0.917. The summed E-state index contributed by atoms with van der Waals surface area (Å²) in [5, 5.41) is 0. The summed E-state index contributed by atoms with van der Waals surface area (Å²) in [6.07, 6.45) is 3.67. The monoisotopic (exact) mass is 244 g/mol. The van der Waals surface area contributed by atoms with Crippen molar-refractivity contribution in [3.05, 3.63) is 0 Å². The first-order valence-corrected chi connectivity index (χ1v) is 6.41. The summed E-state index contributed by atoms with van der Waals surface area (Å²) < 4.78 is 16.5. The average Bonchev–Trinajstić information content (AvgIpc) is 2.79. The number of quaternary nitrogens is 1. The summed E-state index contributed by atoms with van der Waals surface area (Å²) >= 11 is 0. The number of rotatable bonds is 3. The molecule has 2 aliphatic rings. The Kier molecular flexibility index (Phi) is 3.70. The molecule has 1 spiro atoms. The van der Waals surface area contributed by atoms with E-state index in [0.29, 0.717) is 32.7 Å². The van der Waals surface area contributed by atoms with E-state index in [1.54, 1.807) is 0 Å². The van der Waals surface area contributed by atoms with Gasteiger partial charge in [-0.25, -0.2) is 4.79 Å². The molecule has 1 aliphatic carbocycles. The van der Waals surface area contributed by atoms with Crippen molar-refractivity contribution in [3.8, 4) is 0 Å². The molecule has 0 atom stereocenters. The van der Waals surface area contributed by atoms with Crippen LogP contribution >= 0.6 is 0 Å². The Labute approximate surface area is 102 Å². The summed E-state index contributed by atoms with van der Waals surface area (Å²) in [6.45, 7) is 3.78. The van der Waals surface area contributed by atoms with Gasteiger partial charge in [-0.15, -0.1) is 0 Å². The quantitative estimate of drug-likeness (QED) is 0.722. The molecule has 1 heterocycles. The lowest BCUT2D eigenvalue weighted by Crippen LogP contribution is -2.78. The second-order valence-electron chi connectivity index (χ2n) is 5.02. The Bertz CT molecular complexity index is 276. The number of esters is 1. The van der Waals surface area contributed by atoms with Crippen molar-refractivity contribution in [2.24, 2.45) is 0 Å². The maximum atomic E-state index is 11.9. The highest BCUT2D eigenvalue weighted by atomic mass is 16.7. The van der Waals surface area contributed by atoms with Crippen molar-refractivity contribution in [1.82, 2.24) is 0 Å². The molecule has 3 N–H and O–H groups in total. The summed E-state index contributed by atoms with van der Waals surface area (Å²) in [4.78, 5) is 11.9. The Morgan fingerprint density at radius 3 is 2.35 bits per heavy atom. The van der Waals surface area contributed by atoms with Crippen molar-refractivity contribution in [2.75, 3.05) is 19.8 Å². The van der Waals surface area contributed by atoms with Gasteiger partial charge in [-0.2, -0.15) is 0 Å². The van der Waals surface area contributed by atoms with E-state index >= 15 is 0 Å². The molecule has 0 radical (unpaired) electrons. The van der Waals surface area contributed by atoms with Gasteiger partial charge in [0.25, 0.3) is 0 Å². The van der Waals surface area contributed by atoms with E-state index in [4.69, 9.17) is 14.2 Å². The van der Waals surface area contributed by atoms with Crippen LogP contribution in [0.25, 0.3) is 0 Å². The van der Waals surface area contributed by atoms with Crippen LogP contribution in [0.4, 0.5) is 0 Å². The van der Waals surface area contributed by atoms with Crippen LogP contribution in [0.2, 0.25) is 0 Å². The predicted octanol–water partition coefficient (Wildman–Crippen LogP) is 0.237. The Balaban J connectivity index is 1.89. The van der Waals surface area contributed by atoms with Gasteiger partial charge in [0.15, 0.2) is 11.3 Å². The third-order valence-electron chi connectivity index (χ3n) is 3.65. The molecule has 0 bridgehead atoms. The van der Waals surface area contributed by atoms with Gasteiger partial charge in [0.2, 0.25) is 0 Å². The maximum absolute atomic E-state index is 11.9. The third-order valence-corrected chi connectivity index (χ3v) is 3.65. The molecule has 1 saturated heterocycles. The van der Waals surface area contributed by atoms with Crippen LogP contribution in [0.15, 0.2) is 0 Å². The molecule has 0 aromatic heterocycles. The van der Waals surface area contributed by atoms with Crippen LogP contribution in [-0.2, 0) is 19.0 Å². The molecule has 5 nitrogen and oxygen atoms in total. The normalized spacial score (nSPS) is 26.0. The Morgan fingerprint density at radius 1 is 1.24 bits per heavy atom. The molecule has 5 heteroatoms. The van der Waals surface area contributed by atoms with Crippen molar-refractivity contribution >= 4 is 5.97 Å². The largest absolute Gasteiger partial charge is 0.461 e. The summed E-state index contributed by atoms with van der Waals surface area (Å²) in [5.41, 5.74) is 3.45. The molecule has 1 aliphatic heterocycles.